The first-order valence-electron chi connectivity index (χ1n) is 7.09. The third kappa shape index (κ3) is 3.56. The fourth-order valence-electron chi connectivity index (χ4n) is 2.77. The van der Waals surface area contributed by atoms with E-state index in [4.69, 9.17) is 0 Å². The standard InChI is InChI=1S/C14H25N3O/c1-11-10-12(2)17(16-11)9-5-8-15-13-6-3-4-7-14(13)18/h10,13-15,18H,3-9H2,1-2H3/t13-,14-/m0/s1. The van der Waals surface area contributed by atoms with E-state index >= 15 is 0 Å². The van der Waals surface area contributed by atoms with Gasteiger partial charge in [0.05, 0.1) is 11.8 Å². The highest BCUT2D eigenvalue weighted by molar-refractivity contribution is 5.06. The quantitative estimate of drug-likeness (QED) is 0.784. The Morgan fingerprint density at radius 3 is 2.83 bits per heavy atom. The van der Waals surface area contributed by atoms with Crippen LogP contribution in [0.3, 0.4) is 0 Å². The molecule has 0 unspecified atom stereocenters. The highest BCUT2D eigenvalue weighted by Gasteiger charge is 2.21. The minimum Gasteiger partial charge on any atom is -0.392 e. The smallest absolute Gasteiger partial charge is 0.0693 e. The van der Waals surface area contributed by atoms with E-state index in [1.54, 1.807) is 0 Å². The van der Waals surface area contributed by atoms with Gasteiger partial charge in [0.15, 0.2) is 0 Å². The average molecular weight is 251 g/mol. The second-order valence-corrected chi connectivity index (χ2v) is 5.42. The van der Waals surface area contributed by atoms with Crippen molar-refractivity contribution in [2.75, 3.05) is 6.54 Å². The van der Waals surface area contributed by atoms with Gasteiger partial charge in [0, 0.05) is 18.3 Å². The van der Waals surface area contributed by atoms with Crippen LogP contribution in [0.15, 0.2) is 6.07 Å². The fraction of sp³-hybridized carbons (Fsp3) is 0.786. The molecule has 4 heteroatoms. The zero-order chi connectivity index (χ0) is 13.0. The average Bonchev–Trinajstić information content (AvgIpc) is 2.65. The Morgan fingerprint density at radius 2 is 2.17 bits per heavy atom. The van der Waals surface area contributed by atoms with Crippen LogP contribution in [0.25, 0.3) is 0 Å². The van der Waals surface area contributed by atoms with Gasteiger partial charge in [0.1, 0.15) is 0 Å². The second-order valence-electron chi connectivity index (χ2n) is 5.42. The maximum Gasteiger partial charge on any atom is 0.0693 e. The van der Waals surface area contributed by atoms with E-state index in [0.717, 1.165) is 38.0 Å². The van der Waals surface area contributed by atoms with Gasteiger partial charge < -0.3 is 10.4 Å². The molecule has 1 aliphatic rings. The number of aliphatic hydroxyl groups is 1. The van der Waals surface area contributed by atoms with E-state index in [1.165, 1.54) is 18.5 Å². The Labute approximate surface area is 109 Å². The molecular weight excluding hydrogens is 226 g/mol. The summed E-state index contributed by atoms with van der Waals surface area (Å²) in [6, 6.07) is 2.41. The predicted molar refractivity (Wildman–Crippen MR) is 72.6 cm³/mol. The van der Waals surface area contributed by atoms with Gasteiger partial charge in [-0.1, -0.05) is 12.8 Å². The number of hydrogen-bond donors (Lipinski definition) is 2. The van der Waals surface area contributed by atoms with Crippen molar-refractivity contribution in [3.8, 4) is 0 Å². The summed E-state index contributed by atoms with van der Waals surface area (Å²) in [5.41, 5.74) is 2.31. The molecule has 102 valence electrons. The third-order valence-electron chi connectivity index (χ3n) is 3.79. The first kappa shape index (κ1) is 13.6. The van der Waals surface area contributed by atoms with E-state index in [1.807, 2.05) is 6.92 Å². The molecule has 0 saturated heterocycles. The van der Waals surface area contributed by atoms with Crippen LogP contribution in [0.4, 0.5) is 0 Å². The number of aryl methyl sites for hydroxylation is 3. The lowest BCUT2D eigenvalue weighted by Crippen LogP contribution is -2.42. The summed E-state index contributed by atoms with van der Waals surface area (Å²) in [6.45, 7) is 6.04. The van der Waals surface area contributed by atoms with Crippen LogP contribution in [0, 0.1) is 13.8 Å². The summed E-state index contributed by atoms with van der Waals surface area (Å²) < 4.78 is 2.06. The molecule has 2 atom stereocenters. The molecule has 0 aliphatic heterocycles. The van der Waals surface area contributed by atoms with Crippen molar-refractivity contribution in [1.29, 1.82) is 0 Å². The molecular formula is C14H25N3O. The monoisotopic (exact) mass is 251 g/mol. The van der Waals surface area contributed by atoms with E-state index in [9.17, 15) is 5.11 Å². The van der Waals surface area contributed by atoms with Gasteiger partial charge >= 0.3 is 0 Å². The highest BCUT2D eigenvalue weighted by Crippen LogP contribution is 2.18. The molecule has 1 heterocycles. The number of hydrogen-bond acceptors (Lipinski definition) is 3. The minimum absolute atomic E-state index is 0.146. The van der Waals surface area contributed by atoms with Crippen LogP contribution in [0.2, 0.25) is 0 Å². The first-order valence-corrected chi connectivity index (χ1v) is 7.09. The van der Waals surface area contributed by atoms with Crippen molar-refractivity contribution in [2.24, 2.45) is 0 Å². The van der Waals surface area contributed by atoms with Crippen LogP contribution in [-0.4, -0.2) is 33.6 Å². The molecule has 1 aliphatic carbocycles. The molecule has 0 radical (unpaired) electrons. The topological polar surface area (TPSA) is 50.1 Å². The lowest BCUT2D eigenvalue weighted by Gasteiger charge is -2.28. The summed E-state index contributed by atoms with van der Waals surface area (Å²) in [5, 5.41) is 17.8. The van der Waals surface area contributed by atoms with E-state index in [2.05, 4.69) is 28.1 Å². The third-order valence-corrected chi connectivity index (χ3v) is 3.79. The molecule has 0 bridgehead atoms. The van der Waals surface area contributed by atoms with Gasteiger partial charge in [-0.05, 0) is 45.7 Å². The summed E-state index contributed by atoms with van der Waals surface area (Å²) in [7, 11) is 0. The summed E-state index contributed by atoms with van der Waals surface area (Å²) in [4.78, 5) is 0. The van der Waals surface area contributed by atoms with Crippen molar-refractivity contribution in [1.82, 2.24) is 15.1 Å². The lowest BCUT2D eigenvalue weighted by molar-refractivity contribution is 0.0908. The largest absolute Gasteiger partial charge is 0.392 e. The number of aliphatic hydroxyl groups excluding tert-OH is 1. The lowest BCUT2D eigenvalue weighted by atomic mass is 9.92. The van der Waals surface area contributed by atoms with E-state index in [0.29, 0.717) is 6.04 Å². The summed E-state index contributed by atoms with van der Waals surface area (Å²) in [5.74, 6) is 0. The molecule has 18 heavy (non-hydrogen) atoms. The summed E-state index contributed by atoms with van der Waals surface area (Å²) in [6.07, 6.45) is 5.39. The SMILES string of the molecule is Cc1cc(C)n(CCCN[C@H]2CCCC[C@@H]2O)n1. The van der Waals surface area contributed by atoms with Gasteiger partial charge in [-0.25, -0.2) is 0 Å². The number of nitrogens with zero attached hydrogens (tertiary/aromatic N) is 2. The van der Waals surface area contributed by atoms with Gasteiger partial charge in [0.2, 0.25) is 0 Å². The molecule has 2 N–H and O–H groups in total. The Morgan fingerprint density at radius 1 is 1.39 bits per heavy atom. The molecule has 1 aromatic heterocycles. The maximum atomic E-state index is 9.85. The Kier molecular flexibility index (Phi) is 4.78. The van der Waals surface area contributed by atoms with Gasteiger partial charge in [0.25, 0.3) is 0 Å². The van der Waals surface area contributed by atoms with Crippen molar-refractivity contribution in [3.05, 3.63) is 17.5 Å². The molecule has 2 rings (SSSR count). The molecule has 4 nitrogen and oxygen atoms in total. The predicted octanol–water partition coefficient (Wildman–Crippen LogP) is 1.78. The molecule has 0 spiro atoms. The van der Waals surface area contributed by atoms with Crippen LogP contribution < -0.4 is 5.32 Å². The Bertz CT molecular complexity index is 375. The Balaban J connectivity index is 1.68. The summed E-state index contributed by atoms with van der Waals surface area (Å²) >= 11 is 0. The molecule has 0 aromatic carbocycles. The van der Waals surface area contributed by atoms with Gasteiger partial charge in [-0.2, -0.15) is 5.10 Å². The molecule has 0 amide bonds. The number of rotatable bonds is 5. The maximum absolute atomic E-state index is 9.85. The van der Waals surface area contributed by atoms with Gasteiger partial charge in [-0.3, -0.25) is 4.68 Å². The minimum atomic E-state index is -0.146. The second kappa shape index (κ2) is 6.34. The van der Waals surface area contributed by atoms with E-state index < -0.39 is 0 Å². The van der Waals surface area contributed by atoms with E-state index in [-0.39, 0.29) is 6.10 Å². The zero-order valence-electron chi connectivity index (χ0n) is 11.5. The molecule has 1 fully saturated rings. The van der Waals surface area contributed by atoms with Crippen LogP contribution in [0.1, 0.15) is 43.5 Å². The van der Waals surface area contributed by atoms with Crippen molar-refractivity contribution >= 4 is 0 Å². The van der Waals surface area contributed by atoms with Crippen molar-refractivity contribution in [2.45, 2.75) is 64.6 Å². The number of nitrogens with one attached hydrogen (secondary N) is 1. The van der Waals surface area contributed by atoms with Gasteiger partial charge in [-0.15, -0.1) is 0 Å². The zero-order valence-corrected chi connectivity index (χ0v) is 11.5. The molecule has 1 aromatic rings. The van der Waals surface area contributed by atoms with Crippen LogP contribution in [-0.2, 0) is 6.54 Å². The fourth-order valence-corrected chi connectivity index (χ4v) is 2.77. The van der Waals surface area contributed by atoms with Crippen molar-refractivity contribution in [3.63, 3.8) is 0 Å². The van der Waals surface area contributed by atoms with Crippen LogP contribution >= 0.6 is 0 Å². The molecule has 1 saturated carbocycles. The number of aromatic nitrogens is 2. The highest BCUT2D eigenvalue weighted by atomic mass is 16.3. The normalized spacial score (nSPS) is 24.4. The Hall–Kier alpha value is -0.870. The van der Waals surface area contributed by atoms with Crippen molar-refractivity contribution < 1.29 is 5.11 Å². The van der Waals surface area contributed by atoms with Crippen LogP contribution in [0.5, 0.6) is 0 Å². The first-order chi connectivity index (χ1) is 8.66.